The quantitative estimate of drug-likeness (QED) is 0.744. The Morgan fingerprint density at radius 1 is 1.38 bits per heavy atom. The zero-order valence-electron chi connectivity index (χ0n) is 6.76. The molecule has 4 heteroatoms. The number of rotatable bonds is 0. The van der Waals surface area contributed by atoms with Crippen LogP contribution in [0, 0.1) is 0 Å². The van der Waals surface area contributed by atoms with Crippen LogP contribution >= 0.6 is 35.0 Å². The Bertz CT molecular complexity index is 341. The van der Waals surface area contributed by atoms with E-state index in [2.05, 4.69) is 0 Å². The molecule has 0 fully saturated rings. The summed E-state index contributed by atoms with van der Waals surface area (Å²) >= 11 is 13.5. The first-order valence-electron chi connectivity index (χ1n) is 3.92. The van der Waals surface area contributed by atoms with Crippen LogP contribution in [0.1, 0.15) is 17.2 Å². The lowest BCUT2D eigenvalue weighted by Crippen LogP contribution is -2.10. The molecule has 13 heavy (non-hydrogen) atoms. The summed E-state index contributed by atoms with van der Waals surface area (Å²) in [7, 11) is 0. The minimum atomic E-state index is -0.426. The number of benzene rings is 1. The van der Waals surface area contributed by atoms with E-state index >= 15 is 0 Å². The van der Waals surface area contributed by atoms with E-state index < -0.39 is 6.10 Å². The number of aliphatic hydroxyl groups excluding tert-OH is 1. The van der Waals surface area contributed by atoms with Crippen molar-refractivity contribution < 1.29 is 5.11 Å². The predicted octanol–water partition coefficient (Wildman–Crippen LogP) is 3.27. The first-order valence-corrected chi connectivity index (χ1v) is 5.83. The molecule has 0 bridgehead atoms. The second kappa shape index (κ2) is 3.70. The van der Waals surface area contributed by atoms with Crippen LogP contribution in [-0.2, 0) is 5.75 Å². The molecule has 0 amide bonds. The molecule has 70 valence electrons. The Balaban J connectivity index is 2.56. The van der Waals surface area contributed by atoms with Crippen LogP contribution in [0.25, 0.3) is 0 Å². The average Bonchev–Trinajstić information content (AvgIpc) is 2.07. The van der Waals surface area contributed by atoms with E-state index in [1.54, 1.807) is 23.9 Å². The number of thioether (sulfide) groups is 1. The fourth-order valence-electron chi connectivity index (χ4n) is 1.44. The van der Waals surface area contributed by atoms with Gasteiger partial charge in [0.05, 0.1) is 6.10 Å². The third-order valence-electron chi connectivity index (χ3n) is 2.08. The summed E-state index contributed by atoms with van der Waals surface area (Å²) in [6.45, 7) is 0. The van der Waals surface area contributed by atoms with E-state index in [-0.39, 0.29) is 0 Å². The molecule has 0 unspecified atom stereocenters. The van der Waals surface area contributed by atoms with Crippen molar-refractivity contribution in [1.82, 2.24) is 0 Å². The van der Waals surface area contributed by atoms with Crippen molar-refractivity contribution in [3.63, 3.8) is 0 Å². The van der Waals surface area contributed by atoms with Gasteiger partial charge in [0.25, 0.3) is 0 Å². The molecule has 1 N–H and O–H groups in total. The topological polar surface area (TPSA) is 20.2 Å². The van der Waals surface area contributed by atoms with Crippen LogP contribution in [0.3, 0.4) is 0 Å². The van der Waals surface area contributed by atoms with Gasteiger partial charge in [0.1, 0.15) is 0 Å². The van der Waals surface area contributed by atoms with E-state index in [0.29, 0.717) is 10.0 Å². The smallest absolute Gasteiger partial charge is 0.0884 e. The minimum Gasteiger partial charge on any atom is -0.388 e. The van der Waals surface area contributed by atoms with E-state index in [1.807, 2.05) is 0 Å². The summed E-state index contributed by atoms with van der Waals surface area (Å²) in [4.78, 5) is 0. The summed E-state index contributed by atoms with van der Waals surface area (Å²) < 4.78 is 0. The Hall–Kier alpha value is 0.110. The van der Waals surface area contributed by atoms with Gasteiger partial charge in [-0.15, -0.1) is 0 Å². The largest absolute Gasteiger partial charge is 0.388 e. The third kappa shape index (κ3) is 1.82. The summed E-state index contributed by atoms with van der Waals surface area (Å²) in [5, 5.41) is 10.9. The first kappa shape index (κ1) is 9.66. The zero-order valence-corrected chi connectivity index (χ0v) is 9.09. The number of hydrogen-bond donors (Lipinski definition) is 1. The second-order valence-electron chi connectivity index (χ2n) is 2.99. The SMILES string of the molecule is O[C@H]1CSCc2c(Cl)cc(Cl)cc21. The van der Waals surface area contributed by atoms with Gasteiger partial charge in [0, 0.05) is 21.6 Å². The van der Waals surface area contributed by atoms with Crippen LogP contribution < -0.4 is 0 Å². The number of halogens is 2. The highest BCUT2D eigenvalue weighted by atomic mass is 35.5. The monoisotopic (exact) mass is 234 g/mol. The molecule has 0 saturated carbocycles. The molecule has 2 rings (SSSR count). The van der Waals surface area contributed by atoms with Crippen LogP contribution in [-0.4, -0.2) is 10.9 Å². The molecular formula is C9H8Cl2OS. The van der Waals surface area contributed by atoms with E-state index in [4.69, 9.17) is 23.2 Å². The standard InChI is InChI=1S/C9H8Cl2OS/c10-5-1-6-7(8(11)2-5)3-13-4-9(6)12/h1-2,9,12H,3-4H2/t9-/m0/s1. The first-order chi connectivity index (χ1) is 6.18. The lowest BCUT2D eigenvalue weighted by atomic mass is 10.0. The molecule has 0 radical (unpaired) electrons. The summed E-state index contributed by atoms with van der Waals surface area (Å²) in [5.74, 6) is 1.59. The van der Waals surface area contributed by atoms with Crippen LogP contribution in [0.2, 0.25) is 10.0 Å². The number of fused-ring (bicyclic) bond motifs is 1. The second-order valence-corrected chi connectivity index (χ2v) is 4.86. The van der Waals surface area contributed by atoms with Gasteiger partial charge in [-0.1, -0.05) is 23.2 Å². The highest BCUT2D eigenvalue weighted by Gasteiger charge is 2.20. The molecule has 0 saturated heterocycles. The van der Waals surface area contributed by atoms with Crippen molar-refractivity contribution in [1.29, 1.82) is 0 Å². The van der Waals surface area contributed by atoms with Gasteiger partial charge in [-0.05, 0) is 23.3 Å². The molecular weight excluding hydrogens is 227 g/mol. The van der Waals surface area contributed by atoms with Crippen LogP contribution in [0.15, 0.2) is 12.1 Å². The van der Waals surface area contributed by atoms with Gasteiger partial charge in [-0.25, -0.2) is 0 Å². The van der Waals surface area contributed by atoms with Crippen molar-refractivity contribution >= 4 is 35.0 Å². The Labute approximate surface area is 91.0 Å². The molecule has 0 aromatic heterocycles. The zero-order chi connectivity index (χ0) is 9.42. The van der Waals surface area contributed by atoms with Gasteiger partial charge in [-0.3, -0.25) is 0 Å². The predicted molar refractivity (Wildman–Crippen MR) is 57.6 cm³/mol. The molecule has 1 aliphatic heterocycles. The van der Waals surface area contributed by atoms with Gasteiger partial charge in [-0.2, -0.15) is 11.8 Å². The van der Waals surface area contributed by atoms with Crippen molar-refractivity contribution in [2.45, 2.75) is 11.9 Å². The highest BCUT2D eigenvalue weighted by molar-refractivity contribution is 7.98. The summed E-state index contributed by atoms with van der Waals surface area (Å²) in [6.07, 6.45) is -0.426. The van der Waals surface area contributed by atoms with Crippen molar-refractivity contribution in [2.24, 2.45) is 0 Å². The van der Waals surface area contributed by atoms with Gasteiger partial charge in [0.2, 0.25) is 0 Å². The Kier molecular flexibility index (Phi) is 2.75. The van der Waals surface area contributed by atoms with Crippen LogP contribution in [0.4, 0.5) is 0 Å². The normalized spacial score (nSPS) is 21.3. The number of aliphatic hydroxyl groups is 1. The average molecular weight is 235 g/mol. The van der Waals surface area contributed by atoms with E-state index in [1.165, 1.54) is 0 Å². The maximum atomic E-state index is 9.67. The van der Waals surface area contributed by atoms with E-state index in [0.717, 1.165) is 22.6 Å². The molecule has 1 nitrogen and oxygen atoms in total. The van der Waals surface area contributed by atoms with Gasteiger partial charge < -0.3 is 5.11 Å². The van der Waals surface area contributed by atoms with Gasteiger partial charge >= 0.3 is 0 Å². The fraction of sp³-hybridized carbons (Fsp3) is 0.333. The molecule has 1 atom stereocenters. The third-order valence-corrected chi connectivity index (χ3v) is 3.68. The highest BCUT2D eigenvalue weighted by Crippen LogP contribution is 2.37. The van der Waals surface area contributed by atoms with E-state index in [9.17, 15) is 5.11 Å². The lowest BCUT2D eigenvalue weighted by Gasteiger charge is -2.22. The molecule has 1 aromatic carbocycles. The molecule has 1 aliphatic rings. The Morgan fingerprint density at radius 3 is 2.92 bits per heavy atom. The minimum absolute atomic E-state index is 0.426. The molecule has 0 aliphatic carbocycles. The summed E-state index contributed by atoms with van der Waals surface area (Å²) in [5.41, 5.74) is 1.91. The Morgan fingerprint density at radius 2 is 2.15 bits per heavy atom. The maximum Gasteiger partial charge on any atom is 0.0884 e. The maximum absolute atomic E-state index is 9.67. The van der Waals surface area contributed by atoms with Gasteiger partial charge in [0.15, 0.2) is 0 Å². The van der Waals surface area contributed by atoms with Crippen molar-refractivity contribution in [3.05, 3.63) is 33.3 Å². The fourth-order valence-corrected chi connectivity index (χ4v) is 3.14. The summed E-state index contributed by atoms with van der Waals surface area (Å²) in [6, 6.07) is 3.52. The lowest BCUT2D eigenvalue weighted by molar-refractivity contribution is 0.202. The van der Waals surface area contributed by atoms with Crippen LogP contribution in [0.5, 0.6) is 0 Å². The van der Waals surface area contributed by atoms with Crippen molar-refractivity contribution in [3.8, 4) is 0 Å². The molecule has 0 spiro atoms. The molecule has 1 heterocycles. The molecule has 1 aromatic rings. The van der Waals surface area contributed by atoms with Crippen molar-refractivity contribution in [2.75, 3.05) is 5.75 Å². The number of hydrogen-bond acceptors (Lipinski definition) is 2.